The van der Waals surface area contributed by atoms with E-state index in [0.29, 0.717) is 0 Å². The van der Waals surface area contributed by atoms with Gasteiger partial charge in [-0.05, 0) is 18.4 Å². The highest BCUT2D eigenvalue weighted by molar-refractivity contribution is 7.99. The minimum atomic E-state index is -0.0138. The fraction of sp³-hybridized carbons (Fsp3) is 0.533. The van der Waals surface area contributed by atoms with Gasteiger partial charge in [0.15, 0.2) is 0 Å². The van der Waals surface area contributed by atoms with Crippen molar-refractivity contribution < 1.29 is 4.79 Å². The molecule has 4 heteroatoms. The van der Waals surface area contributed by atoms with Crippen LogP contribution in [0.2, 0.25) is 0 Å². The Morgan fingerprint density at radius 3 is 2.89 bits per heavy atom. The first-order valence-corrected chi connectivity index (χ1v) is 8.10. The van der Waals surface area contributed by atoms with Crippen LogP contribution in [0.1, 0.15) is 25.3 Å². The lowest BCUT2D eigenvalue weighted by molar-refractivity contribution is -0.123. The van der Waals surface area contributed by atoms with Gasteiger partial charge in [-0.3, -0.25) is 10.1 Å². The molecule has 3 nitrogen and oxygen atoms in total. The van der Waals surface area contributed by atoms with Crippen LogP contribution < -0.4 is 10.6 Å². The molecular weight excluding hydrogens is 256 g/mol. The largest absolute Gasteiger partial charge is 0.352 e. The minimum Gasteiger partial charge on any atom is -0.352 e. The maximum Gasteiger partial charge on any atom is 0.238 e. The number of hydrogen-bond donors (Lipinski definition) is 2. The quantitative estimate of drug-likeness (QED) is 0.838. The van der Waals surface area contributed by atoms with Crippen LogP contribution >= 0.6 is 11.8 Å². The molecule has 0 spiro atoms. The summed E-state index contributed by atoms with van der Waals surface area (Å²) in [4.78, 5) is 12.1. The van der Waals surface area contributed by atoms with Crippen LogP contribution in [0.5, 0.6) is 0 Å². The lowest BCUT2D eigenvalue weighted by atomic mass is 10.0. The summed E-state index contributed by atoms with van der Waals surface area (Å²) in [5, 5.41) is 6.41. The van der Waals surface area contributed by atoms with Gasteiger partial charge in [0.1, 0.15) is 0 Å². The second kappa shape index (κ2) is 7.56. The van der Waals surface area contributed by atoms with Crippen molar-refractivity contribution in [1.82, 2.24) is 10.6 Å². The van der Waals surface area contributed by atoms with Gasteiger partial charge in [-0.25, -0.2) is 0 Å². The second-order valence-corrected chi connectivity index (χ2v) is 5.99. The number of carbonyl (C=O) groups excluding carboxylic acids is 1. The molecule has 1 amide bonds. The first-order valence-electron chi connectivity index (χ1n) is 6.95. The molecule has 0 bridgehead atoms. The lowest BCUT2D eigenvalue weighted by Crippen LogP contribution is -2.47. The van der Waals surface area contributed by atoms with E-state index < -0.39 is 0 Å². The number of amides is 1. The second-order valence-electron chi connectivity index (χ2n) is 4.96. The molecule has 1 aliphatic rings. The molecule has 1 aliphatic heterocycles. The van der Waals surface area contributed by atoms with Gasteiger partial charge in [-0.1, -0.05) is 43.7 Å². The Morgan fingerprint density at radius 1 is 1.47 bits per heavy atom. The summed E-state index contributed by atoms with van der Waals surface area (Å²) in [5.41, 5.74) is 1.29. The first-order chi connectivity index (χ1) is 9.29. The first kappa shape index (κ1) is 14.4. The highest BCUT2D eigenvalue weighted by atomic mass is 32.2. The molecule has 2 atom stereocenters. The number of rotatable bonds is 6. The van der Waals surface area contributed by atoms with Crippen molar-refractivity contribution in [3.05, 3.63) is 35.9 Å². The molecule has 1 aromatic carbocycles. The van der Waals surface area contributed by atoms with E-state index in [-0.39, 0.29) is 18.0 Å². The van der Waals surface area contributed by atoms with E-state index in [4.69, 9.17) is 0 Å². The Morgan fingerprint density at radius 2 is 2.26 bits per heavy atom. The van der Waals surface area contributed by atoms with Gasteiger partial charge in [-0.2, -0.15) is 0 Å². The van der Waals surface area contributed by atoms with Gasteiger partial charge >= 0.3 is 0 Å². The van der Waals surface area contributed by atoms with Gasteiger partial charge in [0.25, 0.3) is 0 Å². The summed E-state index contributed by atoms with van der Waals surface area (Å²) in [6.07, 6.45) is 3.03. The average molecular weight is 278 g/mol. The maximum absolute atomic E-state index is 12.1. The molecule has 0 aromatic heterocycles. The molecule has 1 saturated heterocycles. The van der Waals surface area contributed by atoms with Gasteiger partial charge in [0, 0.05) is 17.7 Å². The lowest BCUT2D eigenvalue weighted by Gasteiger charge is -2.20. The maximum atomic E-state index is 12.1. The molecule has 104 valence electrons. The number of carbonyl (C=O) groups is 1. The highest BCUT2D eigenvalue weighted by Gasteiger charge is 2.24. The van der Waals surface area contributed by atoms with E-state index in [1.165, 1.54) is 5.56 Å². The third-order valence-corrected chi connectivity index (χ3v) is 4.28. The zero-order valence-corrected chi connectivity index (χ0v) is 12.2. The monoisotopic (exact) mass is 278 g/mol. The van der Waals surface area contributed by atoms with Crippen molar-refractivity contribution in [1.29, 1.82) is 0 Å². The number of thioether (sulfide) groups is 1. The van der Waals surface area contributed by atoms with Crippen LogP contribution in [0, 0.1) is 0 Å². The molecular formula is C15H22N2OS. The highest BCUT2D eigenvalue weighted by Crippen LogP contribution is 2.12. The summed E-state index contributed by atoms with van der Waals surface area (Å²) < 4.78 is 0. The number of benzene rings is 1. The molecule has 1 aromatic rings. The summed E-state index contributed by atoms with van der Waals surface area (Å²) in [6, 6.07) is 10.6. The van der Waals surface area contributed by atoms with Crippen LogP contribution in [0.4, 0.5) is 0 Å². The Bertz CT molecular complexity index is 390. The Labute approximate surface area is 119 Å². The SMILES string of the molecule is CCCC(Cc1ccccc1)NC(=O)C1CSCN1. The molecule has 1 heterocycles. The predicted molar refractivity (Wildman–Crippen MR) is 81.2 cm³/mol. The molecule has 19 heavy (non-hydrogen) atoms. The van der Waals surface area contributed by atoms with E-state index in [0.717, 1.165) is 30.9 Å². The third kappa shape index (κ3) is 4.55. The van der Waals surface area contributed by atoms with Crippen molar-refractivity contribution in [3.8, 4) is 0 Å². The standard InChI is InChI=1S/C15H22N2OS/c1-2-6-13(9-12-7-4-3-5-8-12)17-15(18)14-10-19-11-16-14/h3-5,7-8,13-14,16H,2,6,9-11H2,1H3,(H,17,18). The van der Waals surface area contributed by atoms with Gasteiger partial charge in [-0.15, -0.1) is 11.8 Å². The normalized spacial score (nSPS) is 20.2. The fourth-order valence-corrected chi connectivity index (χ4v) is 3.28. The Hall–Kier alpha value is -1.000. The summed E-state index contributed by atoms with van der Waals surface area (Å²) in [7, 11) is 0. The Balaban J connectivity index is 1.90. The van der Waals surface area contributed by atoms with Gasteiger partial charge in [0.05, 0.1) is 6.04 Å². The van der Waals surface area contributed by atoms with E-state index in [1.807, 2.05) is 6.07 Å². The van der Waals surface area contributed by atoms with Crippen molar-refractivity contribution >= 4 is 17.7 Å². The topological polar surface area (TPSA) is 41.1 Å². The predicted octanol–water partition coefficient (Wildman–Crippen LogP) is 2.18. The van der Waals surface area contributed by atoms with E-state index in [1.54, 1.807) is 11.8 Å². The van der Waals surface area contributed by atoms with Gasteiger partial charge in [0.2, 0.25) is 5.91 Å². The molecule has 0 radical (unpaired) electrons. The summed E-state index contributed by atoms with van der Waals surface area (Å²) in [5.74, 6) is 1.92. The molecule has 0 saturated carbocycles. The van der Waals surface area contributed by atoms with Crippen molar-refractivity contribution in [2.24, 2.45) is 0 Å². The smallest absolute Gasteiger partial charge is 0.238 e. The minimum absolute atomic E-state index is 0.0138. The zero-order valence-electron chi connectivity index (χ0n) is 11.4. The van der Waals surface area contributed by atoms with Crippen molar-refractivity contribution in [2.45, 2.75) is 38.3 Å². The summed E-state index contributed by atoms with van der Waals surface area (Å²) in [6.45, 7) is 2.16. The molecule has 2 unspecified atom stereocenters. The Kier molecular flexibility index (Phi) is 5.73. The van der Waals surface area contributed by atoms with Crippen LogP contribution in [0.3, 0.4) is 0 Å². The van der Waals surface area contributed by atoms with E-state index in [9.17, 15) is 4.79 Å². The van der Waals surface area contributed by atoms with Crippen LogP contribution in [0.25, 0.3) is 0 Å². The number of hydrogen-bond acceptors (Lipinski definition) is 3. The fourth-order valence-electron chi connectivity index (χ4n) is 2.34. The van der Waals surface area contributed by atoms with E-state index in [2.05, 4.69) is 41.8 Å². The average Bonchev–Trinajstić information content (AvgIpc) is 2.94. The van der Waals surface area contributed by atoms with Crippen LogP contribution in [0.15, 0.2) is 30.3 Å². The molecule has 2 rings (SSSR count). The molecule has 2 N–H and O–H groups in total. The van der Waals surface area contributed by atoms with Crippen molar-refractivity contribution in [2.75, 3.05) is 11.6 Å². The molecule has 1 fully saturated rings. The van der Waals surface area contributed by atoms with Gasteiger partial charge < -0.3 is 5.32 Å². The van der Waals surface area contributed by atoms with E-state index >= 15 is 0 Å². The summed E-state index contributed by atoms with van der Waals surface area (Å²) >= 11 is 1.78. The zero-order chi connectivity index (χ0) is 13.5. The van der Waals surface area contributed by atoms with Crippen LogP contribution in [-0.4, -0.2) is 29.6 Å². The van der Waals surface area contributed by atoms with Crippen LogP contribution in [-0.2, 0) is 11.2 Å². The molecule has 0 aliphatic carbocycles. The van der Waals surface area contributed by atoms with Crippen molar-refractivity contribution in [3.63, 3.8) is 0 Å². The third-order valence-electron chi connectivity index (χ3n) is 3.34. The number of nitrogens with one attached hydrogen (secondary N) is 2.